The Labute approximate surface area is 162 Å². The van der Waals surface area contributed by atoms with E-state index in [1.165, 1.54) is 33.9 Å². The summed E-state index contributed by atoms with van der Waals surface area (Å²) in [6, 6.07) is 15.7. The lowest BCUT2D eigenvalue weighted by molar-refractivity contribution is -0.134. The van der Waals surface area contributed by atoms with Gasteiger partial charge >= 0.3 is 11.9 Å². The Bertz CT molecular complexity index is 878. The molecule has 27 heavy (non-hydrogen) atoms. The number of aliphatic carboxylic acids is 2. The fourth-order valence-electron chi connectivity index (χ4n) is 3.57. The maximum atomic E-state index is 9.55. The quantitative estimate of drug-likeness (QED) is 0.771. The van der Waals surface area contributed by atoms with E-state index < -0.39 is 11.9 Å². The number of benzene rings is 2. The third kappa shape index (κ3) is 4.78. The zero-order valence-corrected chi connectivity index (χ0v) is 15.8. The molecule has 2 aromatic carbocycles. The Morgan fingerprint density at radius 3 is 2.33 bits per heavy atom. The molecule has 0 aromatic heterocycles. The van der Waals surface area contributed by atoms with E-state index in [0.29, 0.717) is 18.1 Å². The van der Waals surface area contributed by atoms with Crippen molar-refractivity contribution in [2.24, 2.45) is 0 Å². The van der Waals surface area contributed by atoms with E-state index in [4.69, 9.17) is 10.2 Å². The summed E-state index contributed by atoms with van der Waals surface area (Å²) >= 11 is 1.95. The highest BCUT2D eigenvalue weighted by molar-refractivity contribution is 7.99. The maximum Gasteiger partial charge on any atom is 0.328 e. The summed E-state index contributed by atoms with van der Waals surface area (Å²) in [4.78, 5) is 24.5. The van der Waals surface area contributed by atoms with Crippen LogP contribution >= 0.6 is 11.8 Å². The number of rotatable bonds is 2. The molecule has 5 nitrogen and oxygen atoms in total. The molecule has 2 aliphatic heterocycles. The fourth-order valence-corrected chi connectivity index (χ4v) is 4.79. The molecule has 0 saturated carbocycles. The first kappa shape index (κ1) is 19.2. The molecule has 6 heteroatoms. The number of carbonyl (C=O) groups is 2. The summed E-state index contributed by atoms with van der Waals surface area (Å²) in [7, 11) is 2.24. The lowest BCUT2D eigenvalue weighted by atomic mass is 9.85. The summed E-state index contributed by atoms with van der Waals surface area (Å²) in [5, 5.41) is 15.6. The van der Waals surface area contributed by atoms with Gasteiger partial charge in [-0.15, -0.1) is 0 Å². The van der Waals surface area contributed by atoms with Gasteiger partial charge < -0.3 is 15.1 Å². The van der Waals surface area contributed by atoms with Gasteiger partial charge in [0.1, 0.15) is 0 Å². The molecule has 1 unspecified atom stereocenters. The number of nitrogens with zero attached hydrogens (tertiary/aromatic N) is 1. The first-order valence-corrected chi connectivity index (χ1v) is 9.45. The van der Waals surface area contributed by atoms with Crippen LogP contribution in [0.2, 0.25) is 0 Å². The predicted molar refractivity (Wildman–Crippen MR) is 104 cm³/mol. The SMILES string of the molecule is CN1Cc2cccc3c2C(Cc2ccccc2S3)C1.O=C(O)C=CC(=O)O. The minimum absolute atomic E-state index is 0.558. The topological polar surface area (TPSA) is 77.8 Å². The van der Waals surface area contributed by atoms with Gasteiger partial charge in [-0.1, -0.05) is 42.1 Å². The first-order chi connectivity index (χ1) is 12.9. The molecule has 140 valence electrons. The average molecular weight is 383 g/mol. The number of carboxylic acids is 2. The Morgan fingerprint density at radius 1 is 1.00 bits per heavy atom. The van der Waals surface area contributed by atoms with Gasteiger partial charge in [-0.2, -0.15) is 0 Å². The molecule has 0 fully saturated rings. The lowest BCUT2D eigenvalue weighted by Crippen LogP contribution is -2.31. The average Bonchev–Trinajstić information content (AvgIpc) is 2.77. The van der Waals surface area contributed by atoms with E-state index in [1.807, 2.05) is 11.8 Å². The van der Waals surface area contributed by atoms with Gasteiger partial charge in [0.25, 0.3) is 0 Å². The highest BCUT2D eigenvalue weighted by Crippen LogP contribution is 2.44. The molecule has 2 aliphatic rings. The van der Waals surface area contributed by atoms with E-state index >= 15 is 0 Å². The van der Waals surface area contributed by atoms with Crippen LogP contribution < -0.4 is 0 Å². The van der Waals surface area contributed by atoms with E-state index in [9.17, 15) is 9.59 Å². The standard InChI is InChI=1S/C17H17NS.C4H4O4/c1-18-10-13-6-4-8-16-17(13)14(11-18)9-12-5-2-3-7-15(12)19-16;5-3(6)1-2-4(7)8/h2-8,14H,9-11H2,1H3;1-2H,(H,5,6)(H,7,8). The van der Waals surface area contributed by atoms with Crippen LogP contribution in [0.1, 0.15) is 22.6 Å². The molecule has 1 atom stereocenters. The number of hydrogen-bond acceptors (Lipinski definition) is 4. The number of carboxylic acid groups (broad SMARTS) is 2. The molecule has 4 rings (SSSR count). The van der Waals surface area contributed by atoms with E-state index in [-0.39, 0.29) is 0 Å². The molecular formula is C21H21NO4S. The minimum Gasteiger partial charge on any atom is -0.478 e. The second-order valence-corrected chi connectivity index (χ2v) is 7.73. The van der Waals surface area contributed by atoms with E-state index in [0.717, 1.165) is 6.54 Å². The summed E-state index contributed by atoms with van der Waals surface area (Å²) < 4.78 is 0. The summed E-state index contributed by atoms with van der Waals surface area (Å²) in [5.41, 5.74) is 4.65. The Balaban J connectivity index is 0.000000226. The second kappa shape index (κ2) is 8.41. The molecular weight excluding hydrogens is 362 g/mol. The third-order valence-corrected chi connectivity index (χ3v) is 5.76. The molecule has 0 saturated heterocycles. The van der Waals surface area contributed by atoms with Crippen molar-refractivity contribution in [2.75, 3.05) is 13.6 Å². The van der Waals surface area contributed by atoms with Gasteiger partial charge in [0.2, 0.25) is 0 Å². The number of hydrogen-bond donors (Lipinski definition) is 2. The van der Waals surface area contributed by atoms with Crippen molar-refractivity contribution in [2.45, 2.75) is 28.7 Å². The predicted octanol–water partition coefficient (Wildman–Crippen LogP) is 3.63. The molecule has 2 heterocycles. The number of likely N-dealkylation sites (N-methyl/N-ethyl adjacent to an activating group) is 1. The Hall–Kier alpha value is -2.57. The van der Waals surface area contributed by atoms with E-state index in [2.05, 4.69) is 54.4 Å². The van der Waals surface area contributed by atoms with Gasteiger partial charge in [-0.05, 0) is 42.3 Å². The monoisotopic (exact) mass is 383 g/mol. The normalized spacial score (nSPS) is 17.9. The molecule has 2 N–H and O–H groups in total. The van der Waals surface area contributed by atoms with Gasteiger partial charge in [0.05, 0.1) is 0 Å². The Morgan fingerprint density at radius 2 is 1.63 bits per heavy atom. The van der Waals surface area contributed by atoms with Crippen LogP contribution in [-0.4, -0.2) is 40.6 Å². The van der Waals surface area contributed by atoms with Crippen LogP contribution in [0.5, 0.6) is 0 Å². The lowest BCUT2D eigenvalue weighted by Gasteiger charge is -2.32. The van der Waals surface area contributed by atoms with Crippen molar-refractivity contribution in [1.29, 1.82) is 0 Å². The summed E-state index contributed by atoms with van der Waals surface area (Å²) in [6.07, 6.45) is 2.29. The zero-order chi connectivity index (χ0) is 19.4. The van der Waals surface area contributed by atoms with Gasteiger partial charge in [0.15, 0.2) is 0 Å². The number of fused-ring (bicyclic) bond motifs is 1. The molecule has 0 amide bonds. The Kier molecular flexibility index (Phi) is 5.98. The zero-order valence-electron chi connectivity index (χ0n) is 15.0. The van der Waals surface area contributed by atoms with Crippen LogP contribution in [-0.2, 0) is 22.6 Å². The largest absolute Gasteiger partial charge is 0.478 e. The molecule has 0 bridgehead atoms. The van der Waals surface area contributed by atoms with Crippen LogP contribution in [0.3, 0.4) is 0 Å². The van der Waals surface area contributed by atoms with E-state index in [1.54, 1.807) is 5.56 Å². The van der Waals surface area contributed by atoms with Gasteiger partial charge in [0, 0.05) is 41.0 Å². The van der Waals surface area contributed by atoms with Crippen LogP contribution in [0, 0.1) is 0 Å². The van der Waals surface area contributed by atoms with Crippen molar-refractivity contribution >= 4 is 23.7 Å². The van der Waals surface area contributed by atoms with Crippen molar-refractivity contribution in [3.8, 4) is 0 Å². The summed E-state index contributed by atoms with van der Waals surface area (Å²) in [6.45, 7) is 2.27. The van der Waals surface area contributed by atoms with Crippen molar-refractivity contribution < 1.29 is 19.8 Å². The highest BCUT2D eigenvalue weighted by atomic mass is 32.2. The van der Waals surface area contributed by atoms with Crippen LogP contribution in [0.15, 0.2) is 64.4 Å². The molecule has 0 radical (unpaired) electrons. The van der Waals surface area contributed by atoms with Crippen molar-refractivity contribution in [3.63, 3.8) is 0 Å². The van der Waals surface area contributed by atoms with Crippen LogP contribution in [0.4, 0.5) is 0 Å². The third-order valence-electron chi connectivity index (χ3n) is 4.56. The molecule has 2 aromatic rings. The maximum absolute atomic E-state index is 9.55. The minimum atomic E-state index is -1.26. The summed E-state index contributed by atoms with van der Waals surface area (Å²) in [5.74, 6) is -1.86. The first-order valence-electron chi connectivity index (χ1n) is 8.64. The molecule has 0 spiro atoms. The van der Waals surface area contributed by atoms with Crippen molar-refractivity contribution in [1.82, 2.24) is 4.90 Å². The second-order valence-electron chi connectivity index (χ2n) is 6.65. The molecule has 0 aliphatic carbocycles. The van der Waals surface area contributed by atoms with Crippen LogP contribution in [0.25, 0.3) is 0 Å². The van der Waals surface area contributed by atoms with Crippen molar-refractivity contribution in [3.05, 3.63) is 71.3 Å². The fraction of sp³-hybridized carbons (Fsp3) is 0.238. The highest BCUT2D eigenvalue weighted by Gasteiger charge is 2.29. The van der Waals surface area contributed by atoms with Gasteiger partial charge in [-0.25, -0.2) is 9.59 Å². The smallest absolute Gasteiger partial charge is 0.328 e. The van der Waals surface area contributed by atoms with Gasteiger partial charge in [-0.3, -0.25) is 0 Å².